The zero-order valence-electron chi connectivity index (χ0n) is 10.9. The molecule has 0 aromatic carbocycles. The SMILES string of the molecule is [C-]#[N+]CC(CCC(=O)O)N=NC(CCC(=O)O)C[N+]#[C-]. The Kier molecular flexibility index (Phi) is 9.15. The number of carbonyl (C=O) groups is 2. The molecule has 2 unspecified atom stereocenters. The van der Waals surface area contributed by atoms with Gasteiger partial charge in [-0.1, -0.05) is 0 Å². The normalized spacial score (nSPS) is 13.3. The van der Waals surface area contributed by atoms with E-state index < -0.39 is 24.0 Å². The molecule has 0 rings (SSSR count). The summed E-state index contributed by atoms with van der Waals surface area (Å²) < 4.78 is 0. The second-order valence-electron chi connectivity index (χ2n) is 4.08. The Balaban J connectivity index is 4.51. The van der Waals surface area contributed by atoms with E-state index in [2.05, 4.69) is 19.9 Å². The fraction of sp³-hybridized carbons (Fsp3) is 0.667. The number of hydrogen-bond donors (Lipinski definition) is 2. The molecule has 0 saturated heterocycles. The maximum absolute atomic E-state index is 10.5. The maximum atomic E-state index is 10.5. The summed E-state index contributed by atoms with van der Waals surface area (Å²) in [6, 6.07) is -1.05. The topological polar surface area (TPSA) is 108 Å². The summed E-state index contributed by atoms with van der Waals surface area (Å²) in [6.07, 6.45) is 0.180. The van der Waals surface area contributed by atoms with Gasteiger partial charge in [-0.3, -0.25) is 9.59 Å². The van der Waals surface area contributed by atoms with E-state index in [1.165, 1.54) is 0 Å². The average molecular weight is 280 g/mol. The van der Waals surface area contributed by atoms with Gasteiger partial charge in [0.15, 0.2) is 0 Å². The van der Waals surface area contributed by atoms with Crippen LogP contribution < -0.4 is 0 Å². The van der Waals surface area contributed by atoms with Crippen LogP contribution in [0.3, 0.4) is 0 Å². The van der Waals surface area contributed by atoms with Gasteiger partial charge in [0.1, 0.15) is 12.1 Å². The minimum atomic E-state index is -0.973. The molecule has 20 heavy (non-hydrogen) atoms. The van der Waals surface area contributed by atoms with E-state index in [1.807, 2.05) is 0 Å². The van der Waals surface area contributed by atoms with Gasteiger partial charge in [-0.05, 0) is 12.8 Å². The molecule has 0 aromatic rings. The summed E-state index contributed by atoms with van der Waals surface area (Å²) in [4.78, 5) is 27.3. The Hall–Kier alpha value is -2.48. The molecule has 0 radical (unpaired) electrons. The van der Waals surface area contributed by atoms with E-state index in [4.69, 9.17) is 23.4 Å². The van der Waals surface area contributed by atoms with Gasteiger partial charge in [0, 0.05) is 12.8 Å². The predicted octanol–water partition coefficient (Wildman–Crippen LogP) is 1.74. The minimum absolute atomic E-state index is 0.0282. The quantitative estimate of drug-likeness (QED) is 0.469. The number of carboxylic acid groups (broad SMARTS) is 2. The van der Waals surface area contributed by atoms with Crippen molar-refractivity contribution in [2.24, 2.45) is 10.2 Å². The average Bonchev–Trinajstić information content (AvgIpc) is 2.38. The van der Waals surface area contributed by atoms with Gasteiger partial charge in [-0.15, -0.1) is 0 Å². The lowest BCUT2D eigenvalue weighted by Crippen LogP contribution is -2.14. The first-order valence-electron chi connectivity index (χ1n) is 5.99. The van der Waals surface area contributed by atoms with Gasteiger partial charge in [0.25, 0.3) is 0 Å². The van der Waals surface area contributed by atoms with Crippen molar-refractivity contribution < 1.29 is 19.8 Å². The van der Waals surface area contributed by atoms with Crippen molar-refractivity contribution in [3.05, 3.63) is 22.8 Å². The van der Waals surface area contributed by atoms with Crippen LogP contribution in [0.15, 0.2) is 10.2 Å². The van der Waals surface area contributed by atoms with Gasteiger partial charge in [-0.25, -0.2) is 13.1 Å². The first-order chi connectivity index (χ1) is 9.49. The Labute approximate surface area is 116 Å². The highest BCUT2D eigenvalue weighted by molar-refractivity contribution is 5.67. The first kappa shape index (κ1) is 17.5. The first-order valence-corrected chi connectivity index (χ1v) is 5.99. The molecule has 0 heterocycles. The van der Waals surface area contributed by atoms with E-state index in [-0.39, 0.29) is 38.8 Å². The molecule has 0 amide bonds. The molecule has 108 valence electrons. The van der Waals surface area contributed by atoms with Crippen molar-refractivity contribution in [2.45, 2.75) is 37.8 Å². The summed E-state index contributed by atoms with van der Waals surface area (Å²) in [7, 11) is 0. The monoisotopic (exact) mass is 280 g/mol. The molecule has 0 aliphatic carbocycles. The highest BCUT2D eigenvalue weighted by Crippen LogP contribution is 2.09. The fourth-order valence-electron chi connectivity index (χ4n) is 1.35. The smallest absolute Gasteiger partial charge is 0.303 e. The molecule has 0 aliphatic heterocycles. The third-order valence-corrected chi connectivity index (χ3v) is 2.38. The lowest BCUT2D eigenvalue weighted by Gasteiger charge is -2.06. The molecule has 8 nitrogen and oxygen atoms in total. The van der Waals surface area contributed by atoms with Gasteiger partial charge in [0.05, 0.1) is 0 Å². The van der Waals surface area contributed by atoms with Crippen molar-refractivity contribution in [1.29, 1.82) is 0 Å². The van der Waals surface area contributed by atoms with Crippen LogP contribution in [-0.2, 0) is 9.59 Å². The van der Waals surface area contributed by atoms with E-state index in [1.54, 1.807) is 0 Å². The van der Waals surface area contributed by atoms with Crippen LogP contribution in [0, 0.1) is 13.1 Å². The lowest BCUT2D eigenvalue weighted by molar-refractivity contribution is -0.138. The third kappa shape index (κ3) is 9.54. The maximum Gasteiger partial charge on any atom is 0.303 e. The van der Waals surface area contributed by atoms with Crippen LogP contribution in [0.5, 0.6) is 0 Å². The van der Waals surface area contributed by atoms with E-state index in [9.17, 15) is 9.59 Å². The van der Waals surface area contributed by atoms with Crippen molar-refractivity contribution >= 4 is 11.9 Å². The molecule has 0 saturated carbocycles. The van der Waals surface area contributed by atoms with Crippen molar-refractivity contribution in [2.75, 3.05) is 13.1 Å². The summed E-state index contributed by atoms with van der Waals surface area (Å²) in [5, 5.41) is 25.0. The number of aliphatic carboxylic acids is 2. The van der Waals surface area contributed by atoms with Crippen molar-refractivity contribution in [3.8, 4) is 0 Å². The number of hydrogen-bond acceptors (Lipinski definition) is 4. The van der Waals surface area contributed by atoms with Gasteiger partial charge < -0.3 is 19.9 Å². The Morgan fingerprint density at radius 3 is 1.50 bits per heavy atom. The Bertz CT molecular complexity index is 396. The molecule has 0 spiro atoms. The minimum Gasteiger partial charge on any atom is -0.481 e. The molecule has 0 bridgehead atoms. The standard InChI is InChI=1S/C12H16N4O4/c1-13-7-9(3-5-11(17)18)15-16-10(8-14-2)4-6-12(19)20/h9-10H,3-8H2,(H,17,18)(H,19,20). The second kappa shape index (κ2) is 10.4. The van der Waals surface area contributed by atoms with Crippen LogP contribution in [0.2, 0.25) is 0 Å². The summed E-state index contributed by atoms with van der Waals surface area (Å²) in [6.45, 7) is 13.6. The molecule has 2 N–H and O–H groups in total. The zero-order valence-corrected chi connectivity index (χ0v) is 10.9. The highest BCUT2D eigenvalue weighted by atomic mass is 16.4. The Morgan fingerprint density at radius 1 is 0.900 bits per heavy atom. The molecule has 0 fully saturated rings. The van der Waals surface area contributed by atoms with Gasteiger partial charge >= 0.3 is 11.9 Å². The number of carboxylic acids is 2. The Morgan fingerprint density at radius 2 is 1.25 bits per heavy atom. The van der Waals surface area contributed by atoms with Gasteiger partial charge in [0.2, 0.25) is 13.1 Å². The van der Waals surface area contributed by atoms with Crippen LogP contribution in [0.4, 0.5) is 0 Å². The van der Waals surface area contributed by atoms with Crippen molar-refractivity contribution in [1.82, 2.24) is 0 Å². The largest absolute Gasteiger partial charge is 0.481 e. The molecule has 8 heteroatoms. The predicted molar refractivity (Wildman–Crippen MR) is 69.1 cm³/mol. The molecular formula is C12H16N4O4. The summed E-state index contributed by atoms with van der Waals surface area (Å²) >= 11 is 0. The van der Waals surface area contributed by atoms with Crippen LogP contribution in [-0.4, -0.2) is 47.3 Å². The van der Waals surface area contributed by atoms with Gasteiger partial charge in [-0.2, -0.15) is 10.2 Å². The molecule has 2 atom stereocenters. The molecular weight excluding hydrogens is 264 g/mol. The summed E-state index contributed by atoms with van der Waals surface area (Å²) in [5.41, 5.74) is 0. The van der Waals surface area contributed by atoms with E-state index >= 15 is 0 Å². The number of nitrogens with zero attached hydrogens (tertiary/aromatic N) is 4. The summed E-state index contributed by atoms with van der Waals surface area (Å²) in [5.74, 6) is -1.95. The number of rotatable bonds is 10. The van der Waals surface area contributed by atoms with E-state index in [0.29, 0.717) is 0 Å². The zero-order chi connectivity index (χ0) is 15.4. The second-order valence-corrected chi connectivity index (χ2v) is 4.08. The van der Waals surface area contributed by atoms with Crippen LogP contribution in [0.25, 0.3) is 9.69 Å². The highest BCUT2D eigenvalue weighted by Gasteiger charge is 2.16. The van der Waals surface area contributed by atoms with Crippen LogP contribution in [0.1, 0.15) is 25.7 Å². The fourth-order valence-corrected chi connectivity index (χ4v) is 1.35. The van der Waals surface area contributed by atoms with Crippen molar-refractivity contribution in [3.63, 3.8) is 0 Å². The van der Waals surface area contributed by atoms with Crippen LogP contribution >= 0.6 is 0 Å². The number of azo groups is 1. The lowest BCUT2D eigenvalue weighted by atomic mass is 10.1. The third-order valence-electron chi connectivity index (χ3n) is 2.38. The molecule has 0 aromatic heterocycles. The van der Waals surface area contributed by atoms with E-state index in [0.717, 1.165) is 0 Å². The molecule has 0 aliphatic rings.